The average molecular weight is 254 g/mol. The second-order valence-corrected chi connectivity index (χ2v) is 3.71. The lowest BCUT2D eigenvalue weighted by atomic mass is 10.2. The fourth-order valence-corrected chi connectivity index (χ4v) is 1.40. The molecule has 0 aliphatic heterocycles. The molecule has 0 bridgehead atoms. The summed E-state index contributed by atoms with van der Waals surface area (Å²) < 4.78 is 10.9. The van der Waals surface area contributed by atoms with Crippen LogP contribution in [0.5, 0.6) is 11.5 Å². The molecule has 5 heteroatoms. The Kier molecular flexibility index (Phi) is 6.00. The summed E-state index contributed by atoms with van der Waals surface area (Å²) in [6.07, 6.45) is 1.27. The molecule has 0 fully saturated rings. The van der Waals surface area contributed by atoms with E-state index in [0.29, 0.717) is 25.4 Å². The van der Waals surface area contributed by atoms with E-state index in [4.69, 9.17) is 19.7 Å². The van der Waals surface area contributed by atoms with Crippen molar-refractivity contribution in [1.82, 2.24) is 0 Å². The van der Waals surface area contributed by atoms with Crippen LogP contribution in [0.1, 0.15) is 30.1 Å². The van der Waals surface area contributed by atoms with E-state index in [2.05, 4.69) is 0 Å². The van der Waals surface area contributed by atoms with Crippen LogP contribution in [0.2, 0.25) is 0 Å². The van der Waals surface area contributed by atoms with Gasteiger partial charge < -0.3 is 19.7 Å². The Hall–Kier alpha value is -1.75. The number of para-hydroxylation sites is 1. The summed E-state index contributed by atoms with van der Waals surface area (Å²) in [7, 11) is 0. The van der Waals surface area contributed by atoms with Crippen LogP contribution in [-0.4, -0.2) is 36.0 Å². The van der Waals surface area contributed by atoms with Gasteiger partial charge in [0, 0.05) is 13.0 Å². The van der Waals surface area contributed by atoms with Crippen molar-refractivity contribution in [2.24, 2.45) is 0 Å². The molecule has 0 aliphatic carbocycles. The number of hydrogen-bond donors (Lipinski definition) is 2. The molecule has 0 saturated heterocycles. The zero-order valence-electron chi connectivity index (χ0n) is 10.4. The molecular formula is C13H18O5. The minimum Gasteiger partial charge on any atom is -0.490 e. The SMILES string of the molecule is CCCOc1c(OCCCO)cccc1C(=O)O. The van der Waals surface area contributed by atoms with Gasteiger partial charge in [0.2, 0.25) is 0 Å². The van der Waals surface area contributed by atoms with Crippen LogP contribution in [0.3, 0.4) is 0 Å². The number of aliphatic hydroxyl groups excluding tert-OH is 1. The molecule has 1 aromatic carbocycles. The Bertz CT molecular complexity index is 389. The predicted molar refractivity (Wildman–Crippen MR) is 66.4 cm³/mol. The molecular weight excluding hydrogens is 236 g/mol. The number of hydrogen-bond acceptors (Lipinski definition) is 4. The van der Waals surface area contributed by atoms with Gasteiger partial charge in [-0.3, -0.25) is 0 Å². The highest BCUT2D eigenvalue weighted by molar-refractivity contribution is 5.92. The van der Waals surface area contributed by atoms with Crippen molar-refractivity contribution >= 4 is 5.97 Å². The maximum Gasteiger partial charge on any atom is 0.339 e. The molecule has 0 heterocycles. The minimum absolute atomic E-state index is 0.0315. The molecule has 0 aromatic heterocycles. The van der Waals surface area contributed by atoms with E-state index in [-0.39, 0.29) is 17.9 Å². The molecule has 1 rings (SSSR count). The Labute approximate surface area is 106 Å². The van der Waals surface area contributed by atoms with Crippen molar-refractivity contribution in [2.45, 2.75) is 19.8 Å². The summed E-state index contributed by atoms with van der Waals surface area (Å²) in [5, 5.41) is 17.8. The molecule has 100 valence electrons. The second-order valence-electron chi connectivity index (χ2n) is 3.71. The molecule has 0 aliphatic rings. The lowest BCUT2D eigenvalue weighted by molar-refractivity contribution is 0.0691. The highest BCUT2D eigenvalue weighted by Crippen LogP contribution is 2.31. The molecule has 0 atom stereocenters. The third-order valence-corrected chi connectivity index (χ3v) is 2.22. The highest BCUT2D eigenvalue weighted by Gasteiger charge is 2.16. The number of benzene rings is 1. The predicted octanol–water partition coefficient (Wildman–Crippen LogP) is 1.93. The largest absolute Gasteiger partial charge is 0.490 e. The zero-order valence-corrected chi connectivity index (χ0v) is 10.4. The standard InChI is InChI=1S/C13H18O5/c1-2-8-18-12-10(13(15)16)5-3-6-11(12)17-9-4-7-14/h3,5-6,14H,2,4,7-9H2,1H3,(H,15,16). The average Bonchev–Trinajstić information content (AvgIpc) is 2.37. The van der Waals surface area contributed by atoms with E-state index in [1.807, 2.05) is 6.92 Å². The van der Waals surface area contributed by atoms with Crippen LogP contribution in [-0.2, 0) is 0 Å². The number of carboxylic acid groups (broad SMARTS) is 1. The summed E-state index contributed by atoms with van der Waals surface area (Å²) in [6, 6.07) is 4.75. The highest BCUT2D eigenvalue weighted by atomic mass is 16.5. The first-order valence-corrected chi connectivity index (χ1v) is 5.93. The van der Waals surface area contributed by atoms with Crippen molar-refractivity contribution in [3.63, 3.8) is 0 Å². The van der Waals surface area contributed by atoms with Crippen molar-refractivity contribution in [3.05, 3.63) is 23.8 Å². The monoisotopic (exact) mass is 254 g/mol. The van der Waals surface area contributed by atoms with E-state index in [1.165, 1.54) is 6.07 Å². The fraction of sp³-hybridized carbons (Fsp3) is 0.462. The van der Waals surface area contributed by atoms with Gasteiger partial charge in [0.1, 0.15) is 5.56 Å². The van der Waals surface area contributed by atoms with Crippen LogP contribution in [0, 0.1) is 0 Å². The van der Waals surface area contributed by atoms with E-state index >= 15 is 0 Å². The van der Waals surface area contributed by atoms with Gasteiger partial charge in [0.15, 0.2) is 11.5 Å². The van der Waals surface area contributed by atoms with Gasteiger partial charge in [0.05, 0.1) is 13.2 Å². The van der Waals surface area contributed by atoms with Crippen molar-refractivity contribution in [1.29, 1.82) is 0 Å². The first-order chi connectivity index (χ1) is 8.70. The van der Waals surface area contributed by atoms with Gasteiger partial charge >= 0.3 is 5.97 Å². The maximum atomic E-state index is 11.1. The van der Waals surface area contributed by atoms with Gasteiger partial charge in [0.25, 0.3) is 0 Å². The number of aromatic carboxylic acids is 1. The summed E-state index contributed by atoms with van der Waals surface area (Å²) in [5.74, 6) is -0.393. The molecule has 1 aromatic rings. The van der Waals surface area contributed by atoms with Crippen molar-refractivity contribution in [2.75, 3.05) is 19.8 Å². The van der Waals surface area contributed by atoms with Crippen molar-refractivity contribution in [3.8, 4) is 11.5 Å². The first kappa shape index (κ1) is 14.3. The van der Waals surface area contributed by atoms with E-state index < -0.39 is 5.97 Å². The maximum absolute atomic E-state index is 11.1. The zero-order chi connectivity index (χ0) is 13.4. The topological polar surface area (TPSA) is 76.0 Å². The quantitative estimate of drug-likeness (QED) is 0.693. The van der Waals surface area contributed by atoms with Crippen LogP contribution in [0.15, 0.2) is 18.2 Å². The lowest BCUT2D eigenvalue weighted by Gasteiger charge is -2.14. The van der Waals surface area contributed by atoms with Crippen LogP contribution >= 0.6 is 0 Å². The van der Waals surface area contributed by atoms with Crippen LogP contribution in [0.25, 0.3) is 0 Å². The van der Waals surface area contributed by atoms with Crippen LogP contribution < -0.4 is 9.47 Å². The Balaban J connectivity index is 2.91. The summed E-state index contributed by atoms with van der Waals surface area (Å²) in [6.45, 7) is 2.72. The van der Waals surface area contributed by atoms with Gasteiger partial charge in [-0.1, -0.05) is 13.0 Å². The Morgan fingerprint density at radius 3 is 2.67 bits per heavy atom. The summed E-state index contributed by atoms with van der Waals surface area (Å²) in [5.41, 5.74) is 0.0879. The van der Waals surface area contributed by atoms with Crippen LogP contribution in [0.4, 0.5) is 0 Å². The molecule has 18 heavy (non-hydrogen) atoms. The third-order valence-electron chi connectivity index (χ3n) is 2.22. The normalized spacial score (nSPS) is 10.1. The summed E-state index contributed by atoms with van der Waals surface area (Å²) in [4.78, 5) is 11.1. The molecule has 0 radical (unpaired) electrons. The lowest BCUT2D eigenvalue weighted by Crippen LogP contribution is -2.07. The second kappa shape index (κ2) is 7.55. The van der Waals surface area contributed by atoms with E-state index in [1.54, 1.807) is 12.1 Å². The van der Waals surface area contributed by atoms with Gasteiger partial charge in [-0.15, -0.1) is 0 Å². The summed E-state index contributed by atoms with van der Waals surface area (Å²) >= 11 is 0. The number of ether oxygens (including phenoxy) is 2. The van der Waals surface area contributed by atoms with E-state index in [0.717, 1.165) is 6.42 Å². The van der Waals surface area contributed by atoms with Gasteiger partial charge in [-0.05, 0) is 18.6 Å². The molecule has 0 spiro atoms. The molecule has 0 saturated carbocycles. The molecule has 5 nitrogen and oxygen atoms in total. The number of aliphatic hydroxyl groups is 1. The fourth-order valence-electron chi connectivity index (χ4n) is 1.40. The molecule has 0 unspecified atom stereocenters. The Morgan fingerprint density at radius 2 is 2.06 bits per heavy atom. The van der Waals surface area contributed by atoms with E-state index in [9.17, 15) is 4.79 Å². The third kappa shape index (κ3) is 3.92. The first-order valence-electron chi connectivity index (χ1n) is 5.93. The van der Waals surface area contributed by atoms with Gasteiger partial charge in [-0.25, -0.2) is 4.79 Å². The number of rotatable bonds is 8. The smallest absolute Gasteiger partial charge is 0.339 e. The minimum atomic E-state index is -1.05. The van der Waals surface area contributed by atoms with Gasteiger partial charge in [-0.2, -0.15) is 0 Å². The Morgan fingerprint density at radius 1 is 1.28 bits per heavy atom. The van der Waals surface area contributed by atoms with Crippen molar-refractivity contribution < 1.29 is 24.5 Å². The number of carboxylic acids is 1. The number of carbonyl (C=O) groups is 1. The molecule has 2 N–H and O–H groups in total. The molecule has 0 amide bonds.